The topological polar surface area (TPSA) is 55.4 Å². The van der Waals surface area contributed by atoms with E-state index in [0.29, 0.717) is 5.92 Å². The van der Waals surface area contributed by atoms with E-state index in [0.717, 1.165) is 18.8 Å². The van der Waals surface area contributed by atoms with Crippen LogP contribution in [0.15, 0.2) is 4.99 Å². The summed E-state index contributed by atoms with van der Waals surface area (Å²) in [6.07, 6.45) is 8.94. The van der Waals surface area contributed by atoms with Crippen LogP contribution in [-0.4, -0.2) is 28.1 Å². The van der Waals surface area contributed by atoms with Crippen molar-refractivity contribution >= 4 is 16.6 Å². The van der Waals surface area contributed by atoms with Gasteiger partial charge in [-0.25, -0.2) is 0 Å². The molecule has 0 radical (unpaired) electrons. The van der Waals surface area contributed by atoms with E-state index in [-0.39, 0.29) is 5.25 Å². The summed E-state index contributed by atoms with van der Waals surface area (Å²) in [6.45, 7) is 2.73. The minimum absolute atomic E-state index is 0.225. The van der Waals surface area contributed by atoms with Crippen molar-refractivity contribution in [3.05, 3.63) is 0 Å². The van der Waals surface area contributed by atoms with E-state index in [9.17, 15) is 4.21 Å². The molecule has 1 aliphatic carbocycles. The van der Waals surface area contributed by atoms with Crippen molar-refractivity contribution in [3.8, 4) is 0 Å². The molecule has 4 heteroatoms. The standard InChI is InChI=1S/C12H24N2OS/c1-10(16(2)15)8-9-14-12(13)11-6-4-3-5-7-11/h10-11H,3-9H2,1-2H3,(H2,13,14). The largest absolute Gasteiger partial charge is 0.387 e. The highest BCUT2D eigenvalue weighted by atomic mass is 32.2. The second-order valence-electron chi connectivity index (χ2n) is 4.74. The molecule has 16 heavy (non-hydrogen) atoms. The lowest BCUT2D eigenvalue weighted by Gasteiger charge is -2.21. The third kappa shape index (κ3) is 4.64. The van der Waals surface area contributed by atoms with Crippen LogP contribution in [0, 0.1) is 5.92 Å². The Balaban J connectivity index is 2.29. The molecule has 0 amide bonds. The molecule has 1 rings (SSSR count). The van der Waals surface area contributed by atoms with E-state index < -0.39 is 10.8 Å². The Morgan fingerprint density at radius 2 is 2.06 bits per heavy atom. The highest BCUT2D eigenvalue weighted by Crippen LogP contribution is 2.23. The van der Waals surface area contributed by atoms with Crippen molar-refractivity contribution < 1.29 is 4.21 Å². The highest BCUT2D eigenvalue weighted by Gasteiger charge is 2.16. The van der Waals surface area contributed by atoms with Crippen molar-refractivity contribution in [3.63, 3.8) is 0 Å². The molecule has 2 unspecified atom stereocenters. The van der Waals surface area contributed by atoms with Crippen molar-refractivity contribution in [1.82, 2.24) is 0 Å². The number of rotatable bonds is 5. The summed E-state index contributed by atoms with van der Waals surface area (Å²) in [5.41, 5.74) is 5.98. The zero-order valence-electron chi connectivity index (χ0n) is 10.4. The molecule has 2 atom stereocenters. The van der Waals surface area contributed by atoms with Gasteiger partial charge >= 0.3 is 0 Å². The molecule has 0 heterocycles. The molecular formula is C12H24N2OS. The summed E-state index contributed by atoms with van der Waals surface area (Å²) in [6, 6.07) is 0. The fourth-order valence-corrected chi connectivity index (χ4v) is 2.51. The Kier molecular flexibility index (Phi) is 6.03. The first kappa shape index (κ1) is 13.7. The molecule has 0 aromatic heterocycles. The molecule has 0 saturated heterocycles. The average molecular weight is 244 g/mol. The molecule has 0 spiro atoms. The van der Waals surface area contributed by atoms with E-state index in [1.807, 2.05) is 6.92 Å². The van der Waals surface area contributed by atoms with Crippen molar-refractivity contribution in [2.45, 2.75) is 50.7 Å². The van der Waals surface area contributed by atoms with Gasteiger partial charge in [0.2, 0.25) is 0 Å². The predicted octanol–water partition coefficient (Wildman–Crippen LogP) is 2.08. The molecule has 3 nitrogen and oxygen atoms in total. The normalized spacial score (nSPS) is 23.0. The van der Waals surface area contributed by atoms with Crippen molar-refractivity contribution in [2.75, 3.05) is 12.8 Å². The summed E-state index contributed by atoms with van der Waals surface area (Å²) < 4.78 is 11.2. The van der Waals surface area contributed by atoms with Gasteiger partial charge < -0.3 is 5.73 Å². The molecular weight excluding hydrogens is 220 g/mol. The summed E-state index contributed by atoms with van der Waals surface area (Å²) in [5, 5.41) is 0.225. The first-order valence-electron chi connectivity index (χ1n) is 6.23. The molecule has 0 bridgehead atoms. The third-order valence-corrected chi connectivity index (χ3v) is 4.79. The van der Waals surface area contributed by atoms with Gasteiger partial charge in [0.05, 0.1) is 5.84 Å². The van der Waals surface area contributed by atoms with Gasteiger partial charge in [-0.1, -0.05) is 26.2 Å². The molecule has 1 fully saturated rings. The second kappa shape index (κ2) is 7.05. The van der Waals surface area contributed by atoms with Crippen LogP contribution in [-0.2, 0) is 10.8 Å². The summed E-state index contributed by atoms with van der Waals surface area (Å²) >= 11 is 0. The zero-order valence-corrected chi connectivity index (χ0v) is 11.3. The number of nitrogens with two attached hydrogens (primary N) is 1. The summed E-state index contributed by atoms with van der Waals surface area (Å²) in [7, 11) is -0.740. The van der Waals surface area contributed by atoms with Crippen molar-refractivity contribution in [1.29, 1.82) is 0 Å². The van der Waals surface area contributed by atoms with Gasteiger partial charge in [0, 0.05) is 34.8 Å². The SMILES string of the molecule is CC(CCN=C(N)C1CCCCC1)S(C)=O. The zero-order chi connectivity index (χ0) is 12.0. The Hall–Kier alpha value is -0.380. The summed E-state index contributed by atoms with van der Waals surface area (Å²) in [4.78, 5) is 4.43. The Morgan fingerprint density at radius 1 is 1.44 bits per heavy atom. The molecule has 1 aliphatic rings. The first-order chi connectivity index (χ1) is 7.61. The van der Waals surface area contributed by atoms with E-state index >= 15 is 0 Å². The minimum Gasteiger partial charge on any atom is -0.387 e. The van der Waals surface area contributed by atoms with Crippen molar-refractivity contribution in [2.24, 2.45) is 16.6 Å². The van der Waals surface area contributed by atoms with Crippen LogP contribution >= 0.6 is 0 Å². The number of nitrogens with zero attached hydrogens (tertiary/aromatic N) is 1. The van der Waals surface area contributed by atoms with Gasteiger partial charge in [-0.2, -0.15) is 0 Å². The fourth-order valence-electron chi connectivity index (χ4n) is 2.07. The molecule has 1 saturated carbocycles. The second-order valence-corrected chi connectivity index (χ2v) is 6.54. The van der Waals surface area contributed by atoms with Crippen LogP contribution in [0.2, 0.25) is 0 Å². The van der Waals surface area contributed by atoms with Crippen LogP contribution in [0.4, 0.5) is 0 Å². The van der Waals surface area contributed by atoms with E-state index in [1.165, 1.54) is 32.1 Å². The van der Waals surface area contributed by atoms with Gasteiger partial charge in [-0.05, 0) is 19.3 Å². The third-order valence-electron chi connectivity index (χ3n) is 3.42. The van der Waals surface area contributed by atoms with Crippen LogP contribution < -0.4 is 5.73 Å². The average Bonchev–Trinajstić information content (AvgIpc) is 2.29. The van der Waals surface area contributed by atoms with Crippen LogP contribution in [0.3, 0.4) is 0 Å². The number of aliphatic imine (C=N–C) groups is 1. The Morgan fingerprint density at radius 3 is 2.62 bits per heavy atom. The van der Waals surface area contributed by atoms with Gasteiger partial charge in [-0.15, -0.1) is 0 Å². The van der Waals surface area contributed by atoms with Crippen LogP contribution in [0.1, 0.15) is 45.4 Å². The number of amidine groups is 1. The van der Waals surface area contributed by atoms with Gasteiger partial charge in [0.1, 0.15) is 0 Å². The maximum Gasteiger partial charge on any atom is 0.0968 e. The quantitative estimate of drug-likeness (QED) is 0.594. The fraction of sp³-hybridized carbons (Fsp3) is 0.917. The van der Waals surface area contributed by atoms with E-state index in [1.54, 1.807) is 6.26 Å². The Bertz CT molecular complexity index is 260. The van der Waals surface area contributed by atoms with Gasteiger partial charge in [0.15, 0.2) is 0 Å². The lowest BCUT2D eigenvalue weighted by Crippen LogP contribution is -2.26. The molecule has 2 N–H and O–H groups in total. The number of hydrogen-bond donors (Lipinski definition) is 1. The molecule has 0 aromatic rings. The van der Waals surface area contributed by atoms with Crippen LogP contribution in [0.5, 0.6) is 0 Å². The Labute approximate surface area is 101 Å². The maximum absolute atomic E-state index is 11.2. The summed E-state index contributed by atoms with van der Waals surface area (Å²) in [5.74, 6) is 1.34. The van der Waals surface area contributed by atoms with E-state index in [2.05, 4.69) is 4.99 Å². The predicted molar refractivity (Wildman–Crippen MR) is 71.2 cm³/mol. The van der Waals surface area contributed by atoms with Crippen LogP contribution in [0.25, 0.3) is 0 Å². The number of hydrogen-bond acceptors (Lipinski definition) is 2. The monoisotopic (exact) mass is 244 g/mol. The first-order valence-corrected chi connectivity index (χ1v) is 7.85. The smallest absolute Gasteiger partial charge is 0.0968 e. The van der Waals surface area contributed by atoms with E-state index in [4.69, 9.17) is 5.73 Å². The molecule has 0 aromatic carbocycles. The lowest BCUT2D eigenvalue weighted by molar-refractivity contribution is 0.436. The lowest BCUT2D eigenvalue weighted by atomic mass is 9.88. The van der Waals surface area contributed by atoms with Gasteiger partial charge in [-0.3, -0.25) is 9.20 Å². The minimum atomic E-state index is -0.740. The van der Waals surface area contributed by atoms with Gasteiger partial charge in [0.25, 0.3) is 0 Å². The molecule has 94 valence electrons. The molecule has 0 aliphatic heterocycles. The maximum atomic E-state index is 11.2. The highest BCUT2D eigenvalue weighted by molar-refractivity contribution is 7.84.